The smallest absolute Gasteiger partial charge is 0.378 e. The quantitative estimate of drug-likeness (QED) is 0.758. The van der Waals surface area contributed by atoms with Crippen LogP contribution in [0.4, 0.5) is 24.5 Å². The molecule has 1 aromatic carbocycles. The Balaban J connectivity index is 1.97. The van der Waals surface area contributed by atoms with E-state index in [9.17, 15) is 18.0 Å². The first-order valence-electron chi connectivity index (χ1n) is 7.97. The molecule has 0 bridgehead atoms. The summed E-state index contributed by atoms with van der Waals surface area (Å²) in [5, 5.41) is 6.28. The number of carbonyl (C=O) groups is 1. The summed E-state index contributed by atoms with van der Waals surface area (Å²) in [5.74, 6) is -0.904. The van der Waals surface area contributed by atoms with Crippen LogP contribution in [-0.2, 0) is 6.18 Å². The van der Waals surface area contributed by atoms with Crippen molar-refractivity contribution in [3.05, 3.63) is 47.0 Å². The van der Waals surface area contributed by atoms with Gasteiger partial charge in [0.2, 0.25) is 5.82 Å². The highest BCUT2D eigenvalue weighted by Gasteiger charge is 2.34. The van der Waals surface area contributed by atoms with Crippen LogP contribution >= 0.6 is 0 Å². The molecule has 0 saturated carbocycles. The maximum Gasteiger partial charge on any atom is 0.418 e. The topological polar surface area (TPSA) is 75.4 Å². The molecule has 2 aromatic heterocycles. The van der Waals surface area contributed by atoms with Gasteiger partial charge in [0.05, 0.1) is 11.3 Å². The van der Waals surface area contributed by atoms with Crippen molar-refractivity contribution < 1.29 is 18.0 Å². The number of aryl methyl sites for hydroxylation is 2. The zero-order valence-corrected chi connectivity index (χ0v) is 15.1. The molecule has 1 N–H and O–H groups in total. The van der Waals surface area contributed by atoms with Gasteiger partial charge in [0.1, 0.15) is 0 Å². The minimum absolute atomic E-state index is 0.205. The number of anilines is 2. The van der Waals surface area contributed by atoms with Gasteiger partial charge >= 0.3 is 6.18 Å². The Morgan fingerprint density at radius 1 is 1.15 bits per heavy atom. The third kappa shape index (κ3) is 3.69. The number of hydrogen-bond donors (Lipinski definition) is 1. The van der Waals surface area contributed by atoms with E-state index in [2.05, 4.69) is 20.4 Å². The molecular formula is C17H17F3N6O. The van der Waals surface area contributed by atoms with Crippen molar-refractivity contribution in [2.24, 2.45) is 0 Å². The first kappa shape index (κ1) is 18.6. The zero-order chi connectivity index (χ0) is 19.9. The second kappa shape index (κ2) is 6.53. The molecule has 0 unspecified atom stereocenters. The molecule has 0 aliphatic rings. The molecule has 0 atom stereocenters. The molecule has 0 radical (unpaired) electrons. The third-order valence-corrected chi connectivity index (χ3v) is 3.89. The van der Waals surface area contributed by atoms with Crippen LogP contribution in [0.5, 0.6) is 0 Å². The average Bonchev–Trinajstić information content (AvgIpc) is 2.98. The fraction of sp³-hybridized carbons (Fsp3) is 0.294. The summed E-state index contributed by atoms with van der Waals surface area (Å²) in [7, 11) is 3.26. The van der Waals surface area contributed by atoms with Gasteiger partial charge in [0, 0.05) is 31.2 Å². The third-order valence-electron chi connectivity index (χ3n) is 3.89. The predicted molar refractivity (Wildman–Crippen MR) is 94.0 cm³/mol. The maximum absolute atomic E-state index is 13.4. The molecule has 3 aromatic rings. The summed E-state index contributed by atoms with van der Waals surface area (Å²) in [5.41, 5.74) is 0.448. The number of nitrogens with zero attached hydrogens (tertiary/aromatic N) is 5. The molecule has 2 heterocycles. The Hall–Kier alpha value is -3.17. The van der Waals surface area contributed by atoms with Crippen molar-refractivity contribution in [1.82, 2.24) is 19.6 Å². The Labute approximate surface area is 152 Å². The summed E-state index contributed by atoms with van der Waals surface area (Å²) >= 11 is 0. The first-order chi connectivity index (χ1) is 12.6. The van der Waals surface area contributed by atoms with Crippen molar-refractivity contribution in [3.63, 3.8) is 0 Å². The maximum atomic E-state index is 13.4. The average molecular weight is 378 g/mol. The first-order valence-corrected chi connectivity index (χ1v) is 7.97. The van der Waals surface area contributed by atoms with Gasteiger partial charge in [-0.15, -0.1) is 5.10 Å². The number of halogens is 3. The highest BCUT2D eigenvalue weighted by atomic mass is 19.4. The molecule has 1 amide bonds. The molecule has 0 aliphatic carbocycles. The lowest BCUT2D eigenvalue weighted by atomic mass is 10.1. The van der Waals surface area contributed by atoms with E-state index in [1.165, 1.54) is 16.6 Å². The van der Waals surface area contributed by atoms with Crippen LogP contribution in [0.3, 0.4) is 0 Å². The summed E-state index contributed by atoms with van der Waals surface area (Å²) in [6.07, 6.45) is -4.63. The van der Waals surface area contributed by atoms with Crippen LogP contribution in [0.2, 0.25) is 0 Å². The number of fused-ring (bicyclic) bond motifs is 1. The SMILES string of the molecule is Cc1cc(C)n2nc(C(=O)Nc3ccc(N(C)C)cc3C(F)(F)F)nc2n1. The van der Waals surface area contributed by atoms with Gasteiger partial charge in [-0.25, -0.2) is 9.50 Å². The molecule has 0 saturated heterocycles. The van der Waals surface area contributed by atoms with Crippen LogP contribution < -0.4 is 10.2 Å². The molecular weight excluding hydrogens is 361 g/mol. The molecule has 0 fully saturated rings. The predicted octanol–water partition coefficient (Wildman–Crippen LogP) is 3.08. The van der Waals surface area contributed by atoms with Gasteiger partial charge in [-0.2, -0.15) is 18.2 Å². The van der Waals surface area contributed by atoms with Crippen LogP contribution in [0.25, 0.3) is 5.78 Å². The minimum Gasteiger partial charge on any atom is -0.378 e. The Kier molecular flexibility index (Phi) is 4.50. The summed E-state index contributed by atoms with van der Waals surface area (Å²) in [6, 6.07) is 5.42. The number of alkyl halides is 3. The van der Waals surface area contributed by atoms with E-state index in [-0.39, 0.29) is 17.3 Å². The van der Waals surface area contributed by atoms with Gasteiger partial charge < -0.3 is 10.2 Å². The number of aromatic nitrogens is 4. The summed E-state index contributed by atoms with van der Waals surface area (Å²) in [6.45, 7) is 3.53. The highest BCUT2D eigenvalue weighted by molar-refractivity contribution is 6.02. The van der Waals surface area contributed by atoms with Crippen molar-refractivity contribution in [1.29, 1.82) is 0 Å². The van der Waals surface area contributed by atoms with E-state index in [1.54, 1.807) is 38.9 Å². The van der Waals surface area contributed by atoms with Crippen molar-refractivity contribution in [2.45, 2.75) is 20.0 Å². The van der Waals surface area contributed by atoms with Crippen LogP contribution in [0, 0.1) is 13.8 Å². The fourth-order valence-corrected chi connectivity index (χ4v) is 2.59. The number of amides is 1. The molecule has 3 rings (SSSR count). The van der Waals surface area contributed by atoms with E-state index < -0.39 is 17.6 Å². The van der Waals surface area contributed by atoms with E-state index in [4.69, 9.17) is 0 Å². The van der Waals surface area contributed by atoms with Crippen molar-refractivity contribution in [2.75, 3.05) is 24.3 Å². The molecule has 10 heteroatoms. The standard InChI is InChI=1S/C17H17F3N6O/c1-9-7-10(2)26-16(21-9)23-14(24-26)15(27)22-13-6-5-11(25(3)4)8-12(13)17(18,19)20/h5-8H,1-4H3,(H,22,27). The van der Waals surface area contributed by atoms with Crippen molar-refractivity contribution >= 4 is 23.1 Å². The van der Waals surface area contributed by atoms with Gasteiger partial charge in [0.25, 0.3) is 11.7 Å². The van der Waals surface area contributed by atoms with Crippen LogP contribution in [0.15, 0.2) is 24.3 Å². The summed E-state index contributed by atoms with van der Waals surface area (Å²) in [4.78, 5) is 22.1. The van der Waals surface area contributed by atoms with Gasteiger partial charge in [0.15, 0.2) is 0 Å². The lowest BCUT2D eigenvalue weighted by Gasteiger charge is -2.18. The number of hydrogen-bond acceptors (Lipinski definition) is 5. The van der Waals surface area contributed by atoms with Gasteiger partial charge in [-0.05, 0) is 38.1 Å². The van der Waals surface area contributed by atoms with Gasteiger partial charge in [-0.1, -0.05) is 0 Å². The van der Waals surface area contributed by atoms with Crippen LogP contribution in [0.1, 0.15) is 27.6 Å². The Morgan fingerprint density at radius 3 is 2.48 bits per heavy atom. The number of carbonyl (C=O) groups excluding carboxylic acids is 1. The van der Waals surface area contributed by atoms with Gasteiger partial charge in [-0.3, -0.25) is 4.79 Å². The lowest BCUT2D eigenvalue weighted by Crippen LogP contribution is -2.19. The second-order valence-corrected chi connectivity index (χ2v) is 6.26. The minimum atomic E-state index is -4.63. The van der Waals surface area contributed by atoms with E-state index >= 15 is 0 Å². The second-order valence-electron chi connectivity index (χ2n) is 6.26. The Bertz CT molecular complexity index is 1030. The zero-order valence-electron chi connectivity index (χ0n) is 15.1. The largest absolute Gasteiger partial charge is 0.418 e. The van der Waals surface area contributed by atoms with Crippen LogP contribution in [-0.4, -0.2) is 39.6 Å². The number of rotatable bonds is 3. The normalized spacial score (nSPS) is 11.7. The van der Waals surface area contributed by atoms with E-state index in [0.717, 1.165) is 6.07 Å². The lowest BCUT2D eigenvalue weighted by molar-refractivity contribution is -0.136. The molecule has 0 spiro atoms. The van der Waals surface area contributed by atoms with E-state index in [1.807, 2.05) is 0 Å². The van der Waals surface area contributed by atoms with Crippen molar-refractivity contribution in [3.8, 4) is 0 Å². The number of benzene rings is 1. The highest BCUT2D eigenvalue weighted by Crippen LogP contribution is 2.37. The Morgan fingerprint density at radius 2 is 1.85 bits per heavy atom. The summed E-state index contributed by atoms with van der Waals surface area (Å²) < 4.78 is 41.5. The number of nitrogens with one attached hydrogen (secondary N) is 1. The molecule has 0 aliphatic heterocycles. The molecule has 7 nitrogen and oxygen atoms in total. The van der Waals surface area contributed by atoms with E-state index in [0.29, 0.717) is 17.1 Å². The molecule has 27 heavy (non-hydrogen) atoms. The molecule has 142 valence electrons. The monoisotopic (exact) mass is 378 g/mol. The fourth-order valence-electron chi connectivity index (χ4n) is 2.59.